The maximum absolute atomic E-state index is 4.25. The minimum atomic E-state index is 1.25. The predicted molar refractivity (Wildman–Crippen MR) is 67.2 cm³/mol. The summed E-state index contributed by atoms with van der Waals surface area (Å²) in [6.45, 7) is 2.25. The Morgan fingerprint density at radius 2 is 1.53 bits per heavy atom. The van der Waals surface area contributed by atoms with Crippen LogP contribution < -0.4 is 0 Å². The molecule has 0 spiro atoms. The van der Waals surface area contributed by atoms with Gasteiger partial charge in [-0.15, -0.1) is 0 Å². The topological polar surface area (TPSA) is 9.23 Å². The largest absolute Gasteiger partial charge is 0.388 e. The van der Waals surface area contributed by atoms with Crippen molar-refractivity contribution in [3.05, 3.63) is 35.9 Å². The Morgan fingerprint density at radius 1 is 0.933 bits per heavy atom. The lowest BCUT2D eigenvalue weighted by atomic mass is 10.1. The molecule has 0 N–H and O–H groups in total. The molecule has 0 aliphatic rings. The Balaban J connectivity index is 0.000000583. The molecule has 1 aromatic rings. The third kappa shape index (κ3) is 9.48. The van der Waals surface area contributed by atoms with E-state index in [1.807, 2.05) is 0 Å². The zero-order valence-corrected chi connectivity index (χ0v) is 10.3. The van der Waals surface area contributed by atoms with E-state index in [9.17, 15) is 0 Å². The molecule has 0 radical (unpaired) electrons. The number of aryl methyl sites for hydroxylation is 1. The highest BCUT2D eigenvalue weighted by molar-refractivity contribution is 5.14. The van der Waals surface area contributed by atoms with Crippen LogP contribution in [0.1, 0.15) is 38.2 Å². The van der Waals surface area contributed by atoms with E-state index in [4.69, 9.17) is 0 Å². The lowest BCUT2D eigenvalue weighted by Crippen LogP contribution is -1.84. The van der Waals surface area contributed by atoms with Crippen molar-refractivity contribution in [3.8, 4) is 0 Å². The summed E-state index contributed by atoms with van der Waals surface area (Å²) in [5, 5.41) is 0. The van der Waals surface area contributed by atoms with Gasteiger partial charge in [0, 0.05) is 14.2 Å². The van der Waals surface area contributed by atoms with E-state index >= 15 is 0 Å². The van der Waals surface area contributed by atoms with E-state index in [1.54, 1.807) is 14.2 Å². The minimum Gasteiger partial charge on any atom is -0.388 e. The number of unbranched alkanes of at least 4 members (excludes halogenated alkanes) is 3. The molecule has 0 atom stereocenters. The molecule has 0 fully saturated rings. The van der Waals surface area contributed by atoms with Crippen LogP contribution in [-0.4, -0.2) is 14.2 Å². The van der Waals surface area contributed by atoms with Gasteiger partial charge in [0.25, 0.3) is 0 Å². The molecule has 1 heteroatoms. The Labute approximate surface area is 94.5 Å². The van der Waals surface area contributed by atoms with Gasteiger partial charge in [-0.05, 0) is 18.4 Å². The number of benzene rings is 1. The van der Waals surface area contributed by atoms with Crippen molar-refractivity contribution >= 4 is 0 Å². The van der Waals surface area contributed by atoms with Crippen LogP contribution in [0.5, 0.6) is 0 Å². The van der Waals surface area contributed by atoms with Gasteiger partial charge in [0.2, 0.25) is 0 Å². The van der Waals surface area contributed by atoms with Crippen LogP contribution in [0.4, 0.5) is 0 Å². The van der Waals surface area contributed by atoms with E-state index < -0.39 is 0 Å². The van der Waals surface area contributed by atoms with Gasteiger partial charge in [0.05, 0.1) is 0 Å². The molecule has 0 aliphatic carbocycles. The molecule has 0 amide bonds. The molecule has 86 valence electrons. The molecule has 1 aromatic carbocycles. The van der Waals surface area contributed by atoms with Gasteiger partial charge < -0.3 is 4.74 Å². The molecule has 0 bridgehead atoms. The molecule has 0 saturated carbocycles. The van der Waals surface area contributed by atoms with Gasteiger partial charge in [0.1, 0.15) is 0 Å². The van der Waals surface area contributed by atoms with Crippen LogP contribution in [-0.2, 0) is 11.2 Å². The van der Waals surface area contributed by atoms with Crippen LogP contribution >= 0.6 is 0 Å². The second kappa shape index (κ2) is 11.3. The van der Waals surface area contributed by atoms with Gasteiger partial charge >= 0.3 is 0 Å². The first-order valence-corrected chi connectivity index (χ1v) is 5.79. The van der Waals surface area contributed by atoms with Crippen molar-refractivity contribution in [3.63, 3.8) is 0 Å². The van der Waals surface area contributed by atoms with Crippen molar-refractivity contribution in [1.82, 2.24) is 0 Å². The molecular weight excluding hydrogens is 184 g/mol. The fourth-order valence-electron chi connectivity index (χ4n) is 1.40. The molecule has 0 heterocycles. The van der Waals surface area contributed by atoms with E-state index in [0.717, 1.165) is 0 Å². The smallest absolute Gasteiger partial charge is 0.0351 e. The quantitative estimate of drug-likeness (QED) is 0.663. The molecule has 0 saturated heterocycles. The highest BCUT2D eigenvalue weighted by Gasteiger charge is 1.90. The molecule has 15 heavy (non-hydrogen) atoms. The summed E-state index contributed by atoms with van der Waals surface area (Å²) in [6, 6.07) is 10.7. The van der Waals surface area contributed by atoms with Crippen molar-refractivity contribution in [2.45, 2.75) is 39.0 Å². The SMILES string of the molecule is CCCCCCc1ccccc1.COC. The Hall–Kier alpha value is -0.820. The van der Waals surface area contributed by atoms with Crippen molar-refractivity contribution in [1.29, 1.82) is 0 Å². The highest BCUT2D eigenvalue weighted by atomic mass is 16.4. The average Bonchev–Trinajstić information content (AvgIpc) is 2.27. The van der Waals surface area contributed by atoms with Crippen LogP contribution in [0.3, 0.4) is 0 Å². The number of hydrogen-bond acceptors (Lipinski definition) is 1. The normalized spacial score (nSPS) is 9.27. The number of ether oxygens (including phenoxy) is 1. The fourth-order valence-corrected chi connectivity index (χ4v) is 1.40. The van der Waals surface area contributed by atoms with Crippen molar-refractivity contribution in [2.24, 2.45) is 0 Å². The number of hydrogen-bond donors (Lipinski definition) is 0. The lowest BCUT2D eigenvalue weighted by molar-refractivity contribution is 0.277. The molecular formula is C14H24O. The average molecular weight is 208 g/mol. The summed E-state index contributed by atoms with van der Waals surface area (Å²) in [4.78, 5) is 0. The first-order chi connectivity index (χ1) is 7.35. The van der Waals surface area contributed by atoms with Gasteiger partial charge in [-0.25, -0.2) is 0 Å². The monoisotopic (exact) mass is 208 g/mol. The van der Waals surface area contributed by atoms with Crippen molar-refractivity contribution < 1.29 is 4.74 Å². The van der Waals surface area contributed by atoms with Gasteiger partial charge in [-0.3, -0.25) is 0 Å². The van der Waals surface area contributed by atoms with Crippen LogP contribution in [0, 0.1) is 0 Å². The Bertz CT molecular complexity index is 206. The summed E-state index contributed by atoms with van der Waals surface area (Å²) in [6.07, 6.45) is 6.69. The third-order valence-electron chi connectivity index (χ3n) is 2.16. The maximum atomic E-state index is 4.25. The lowest BCUT2D eigenvalue weighted by Gasteiger charge is -1.99. The summed E-state index contributed by atoms with van der Waals surface area (Å²) >= 11 is 0. The Morgan fingerprint density at radius 3 is 2.07 bits per heavy atom. The minimum absolute atomic E-state index is 1.25. The van der Waals surface area contributed by atoms with Gasteiger partial charge in [-0.2, -0.15) is 0 Å². The summed E-state index contributed by atoms with van der Waals surface area (Å²) in [5.74, 6) is 0. The molecule has 1 nitrogen and oxygen atoms in total. The number of methoxy groups -OCH3 is 1. The zero-order valence-electron chi connectivity index (χ0n) is 10.3. The molecule has 1 rings (SSSR count). The second-order valence-electron chi connectivity index (χ2n) is 3.70. The van der Waals surface area contributed by atoms with Crippen LogP contribution in [0.2, 0.25) is 0 Å². The van der Waals surface area contributed by atoms with E-state index in [2.05, 4.69) is 42.0 Å². The van der Waals surface area contributed by atoms with Crippen LogP contribution in [0.15, 0.2) is 30.3 Å². The van der Waals surface area contributed by atoms with Gasteiger partial charge in [-0.1, -0.05) is 56.5 Å². The zero-order chi connectivity index (χ0) is 11.4. The highest BCUT2D eigenvalue weighted by Crippen LogP contribution is 2.06. The van der Waals surface area contributed by atoms with E-state index in [0.29, 0.717) is 0 Å². The molecule has 0 aliphatic heterocycles. The third-order valence-corrected chi connectivity index (χ3v) is 2.16. The van der Waals surface area contributed by atoms with E-state index in [1.165, 1.54) is 37.7 Å². The van der Waals surface area contributed by atoms with E-state index in [-0.39, 0.29) is 0 Å². The maximum Gasteiger partial charge on any atom is 0.0351 e. The molecule has 0 unspecified atom stereocenters. The first kappa shape index (κ1) is 14.2. The summed E-state index contributed by atoms with van der Waals surface area (Å²) in [5.41, 5.74) is 1.48. The first-order valence-electron chi connectivity index (χ1n) is 5.79. The van der Waals surface area contributed by atoms with Gasteiger partial charge in [0.15, 0.2) is 0 Å². The van der Waals surface area contributed by atoms with Crippen LogP contribution in [0.25, 0.3) is 0 Å². The second-order valence-corrected chi connectivity index (χ2v) is 3.70. The fraction of sp³-hybridized carbons (Fsp3) is 0.571. The standard InChI is InChI=1S/C12H18.C2H6O/c1-2-3-4-6-9-12-10-7-5-8-11-12;1-3-2/h5,7-8,10-11H,2-4,6,9H2,1H3;1-2H3. The summed E-state index contributed by atoms with van der Waals surface area (Å²) < 4.78 is 4.25. The summed E-state index contributed by atoms with van der Waals surface area (Å²) in [7, 11) is 3.25. The number of rotatable bonds is 5. The van der Waals surface area contributed by atoms with Crippen molar-refractivity contribution in [2.75, 3.05) is 14.2 Å². The Kier molecular flexibility index (Phi) is 10.6. The molecule has 0 aromatic heterocycles. The predicted octanol–water partition coefficient (Wildman–Crippen LogP) is 4.07.